The van der Waals surface area contributed by atoms with Crippen molar-refractivity contribution in [1.82, 2.24) is 5.32 Å². The molecule has 0 saturated carbocycles. The summed E-state index contributed by atoms with van der Waals surface area (Å²) < 4.78 is 0. The Kier molecular flexibility index (Phi) is 6.40. The molecule has 0 aromatic heterocycles. The highest BCUT2D eigenvalue weighted by molar-refractivity contribution is 7.80. The number of halogens is 2. The van der Waals surface area contributed by atoms with Crippen LogP contribution < -0.4 is 15.5 Å². The number of benzene rings is 4. The van der Waals surface area contributed by atoms with Gasteiger partial charge in [-0.1, -0.05) is 71.7 Å². The number of amides is 1. The molecule has 2 aliphatic rings. The molecular weight excluding hydrogens is 535 g/mol. The van der Waals surface area contributed by atoms with Crippen LogP contribution in [0.2, 0.25) is 10.0 Å². The molecule has 0 fully saturated rings. The second kappa shape index (κ2) is 9.87. The summed E-state index contributed by atoms with van der Waals surface area (Å²) >= 11 is 18.5. The molecule has 1 heterocycles. The van der Waals surface area contributed by atoms with Gasteiger partial charge in [-0.25, -0.2) is 4.99 Å². The Morgan fingerprint density at radius 1 is 0.895 bits per heavy atom. The van der Waals surface area contributed by atoms with E-state index in [1.807, 2.05) is 30.3 Å². The predicted octanol–water partition coefficient (Wildman–Crippen LogP) is 6.69. The van der Waals surface area contributed by atoms with E-state index in [-0.39, 0.29) is 5.91 Å². The van der Waals surface area contributed by atoms with Crippen molar-refractivity contribution >= 4 is 63.5 Å². The van der Waals surface area contributed by atoms with E-state index in [4.69, 9.17) is 40.4 Å². The number of anilines is 2. The van der Waals surface area contributed by atoms with Gasteiger partial charge in [0, 0.05) is 33.9 Å². The van der Waals surface area contributed by atoms with Crippen LogP contribution in [0.5, 0.6) is 0 Å². The maximum absolute atomic E-state index is 13.5. The van der Waals surface area contributed by atoms with Crippen molar-refractivity contribution in [2.75, 3.05) is 17.3 Å². The number of fused-ring (bicyclic) bond motifs is 4. The topological polar surface area (TPSA) is 56.7 Å². The fraction of sp³-hybridized carbons (Fsp3) is 0.100. The van der Waals surface area contributed by atoms with Crippen molar-refractivity contribution in [1.29, 1.82) is 0 Å². The normalized spacial score (nSPS) is 15.7. The second-order valence-electron chi connectivity index (χ2n) is 9.22. The fourth-order valence-corrected chi connectivity index (χ4v) is 5.65. The third kappa shape index (κ3) is 4.45. The first-order valence-electron chi connectivity index (χ1n) is 12.1. The zero-order valence-corrected chi connectivity index (χ0v) is 22.7. The lowest BCUT2D eigenvalue weighted by atomic mass is 10.00. The summed E-state index contributed by atoms with van der Waals surface area (Å²) in [5.74, 6) is -0.260. The van der Waals surface area contributed by atoms with Gasteiger partial charge >= 0.3 is 0 Å². The fourth-order valence-electron chi connectivity index (χ4n) is 5.02. The Morgan fingerprint density at radius 2 is 1.63 bits per heavy atom. The maximum atomic E-state index is 13.5. The maximum Gasteiger partial charge on any atom is 0.272 e. The first-order chi connectivity index (χ1) is 18.4. The highest BCUT2D eigenvalue weighted by atomic mass is 35.5. The van der Waals surface area contributed by atoms with Crippen molar-refractivity contribution in [2.45, 2.75) is 12.6 Å². The minimum absolute atomic E-state index is 0.260. The van der Waals surface area contributed by atoms with Crippen molar-refractivity contribution in [2.24, 2.45) is 4.99 Å². The Hall–Kier alpha value is -3.71. The Labute approximate surface area is 236 Å². The molecule has 4 aromatic carbocycles. The molecule has 1 atom stereocenters. The van der Waals surface area contributed by atoms with E-state index < -0.39 is 6.17 Å². The Bertz CT molecular complexity index is 1650. The number of carbonyl (C=O) groups is 1. The highest BCUT2D eigenvalue weighted by Crippen LogP contribution is 2.37. The van der Waals surface area contributed by atoms with E-state index >= 15 is 0 Å². The van der Waals surface area contributed by atoms with E-state index in [1.165, 1.54) is 22.3 Å². The minimum Gasteiger partial charge on any atom is -0.333 e. The van der Waals surface area contributed by atoms with Gasteiger partial charge in [-0.2, -0.15) is 0 Å². The number of benzodiazepines with no additional fused rings is 1. The average Bonchev–Trinajstić information content (AvgIpc) is 3.24. The van der Waals surface area contributed by atoms with Crippen LogP contribution in [0, 0.1) is 0 Å². The van der Waals surface area contributed by atoms with Gasteiger partial charge in [-0.05, 0) is 77.3 Å². The van der Waals surface area contributed by atoms with Gasteiger partial charge in [0.1, 0.15) is 0 Å². The SMILES string of the molecule is CN1C(=O)C(NC(=S)Nc2ccc3c(c2)Cc2ccccc2-3)N=C(c2ccccc2Cl)c2cc(Cl)ccc21. The van der Waals surface area contributed by atoms with Gasteiger partial charge in [0.15, 0.2) is 5.11 Å². The lowest BCUT2D eigenvalue weighted by Gasteiger charge is -2.22. The van der Waals surface area contributed by atoms with E-state index in [1.54, 1.807) is 30.1 Å². The lowest BCUT2D eigenvalue weighted by Crippen LogP contribution is -2.47. The standard InChI is InChI=1S/C30H22Cl2N4OS/c1-36-26-13-10-19(31)16-24(26)27(23-8-4-5-9-25(23)32)34-28(29(36)37)35-30(38)33-20-11-12-22-18(15-20)14-17-6-2-3-7-21(17)22/h2-13,15-16,28H,14H2,1H3,(H2,33,35,38). The summed E-state index contributed by atoms with van der Waals surface area (Å²) in [4.78, 5) is 19.9. The Morgan fingerprint density at radius 3 is 2.45 bits per heavy atom. The first-order valence-corrected chi connectivity index (χ1v) is 13.2. The van der Waals surface area contributed by atoms with Crippen LogP contribution in [0.4, 0.5) is 11.4 Å². The molecule has 2 N–H and O–H groups in total. The molecule has 4 aromatic rings. The van der Waals surface area contributed by atoms with E-state index in [0.29, 0.717) is 37.7 Å². The van der Waals surface area contributed by atoms with Gasteiger partial charge < -0.3 is 15.5 Å². The summed E-state index contributed by atoms with van der Waals surface area (Å²) in [6, 6.07) is 27.4. The molecule has 8 heteroatoms. The first kappa shape index (κ1) is 24.6. The van der Waals surface area contributed by atoms with Crippen LogP contribution in [0.3, 0.4) is 0 Å². The van der Waals surface area contributed by atoms with Crippen molar-refractivity contribution in [3.63, 3.8) is 0 Å². The van der Waals surface area contributed by atoms with Crippen molar-refractivity contribution < 1.29 is 4.79 Å². The molecule has 1 unspecified atom stereocenters. The number of nitrogens with zero attached hydrogens (tertiary/aromatic N) is 2. The van der Waals surface area contributed by atoms with E-state index in [9.17, 15) is 4.79 Å². The monoisotopic (exact) mass is 556 g/mol. The predicted molar refractivity (Wildman–Crippen MR) is 160 cm³/mol. The van der Waals surface area contributed by atoms with E-state index in [0.717, 1.165) is 12.1 Å². The molecular formula is C30H22Cl2N4OS. The number of aliphatic imine (C=N–C) groups is 1. The van der Waals surface area contributed by atoms with Crippen LogP contribution in [-0.2, 0) is 11.2 Å². The number of nitrogens with one attached hydrogen (secondary N) is 2. The molecule has 1 amide bonds. The van der Waals surface area contributed by atoms with Crippen LogP contribution in [-0.4, -0.2) is 29.9 Å². The van der Waals surface area contributed by atoms with Crippen LogP contribution in [0.1, 0.15) is 22.3 Å². The van der Waals surface area contributed by atoms with Gasteiger partial charge in [-0.15, -0.1) is 0 Å². The number of hydrogen-bond donors (Lipinski definition) is 2. The molecule has 188 valence electrons. The summed E-state index contributed by atoms with van der Waals surface area (Å²) in [7, 11) is 1.71. The number of rotatable bonds is 3. The molecule has 5 nitrogen and oxygen atoms in total. The van der Waals surface area contributed by atoms with E-state index in [2.05, 4.69) is 47.0 Å². The van der Waals surface area contributed by atoms with Crippen molar-refractivity contribution in [3.8, 4) is 11.1 Å². The largest absolute Gasteiger partial charge is 0.333 e. The van der Waals surface area contributed by atoms with Crippen LogP contribution >= 0.6 is 35.4 Å². The summed E-state index contributed by atoms with van der Waals surface area (Å²) in [6.45, 7) is 0. The van der Waals surface area contributed by atoms with Crippen LogP contribution in [0.25, 0.3) is 11.1 Å². The van der Waals surface area contributed by atoms with Gasteiger partial charge in [0.2, 0.25) is 6.17 Å². The number of hydrogen-bond acceptors (Lipinski definition) is 3. The third-order valence-electron chi connectivity index (χ3n) is 6.85. The molecule has 0 radical (unpaired) electrons. The van der Waals surface area contributed by atoms with Crippen LogP contribution in [0.15, 0.2) is 89.9 Å². The lowest BCUT2D eigenvalue weighted by molar-refractivity contribution is -0.119. The zero-order chi connectivity index (χ0) is 26.4. The molecule has 1 aliphatic heterocycles. The van der Waals surface area contributed by atoms with Gasteiger partial charge in [0.25, 0.3) is 5.91 Å². The highest BCUT2D eigenvalue weighted by Gasteiger charge is 2.31. The second-order valence-corrected chi connectivity index (χ2v) is 10.5. The van der Waals surface area contributed by atoms with Gasteiger partial charge in [0.05, 0.1) is 11.4 Å². The average molecular weight is 558 g/mol. The molecule has 6 rings (SSSR count). The third-order valence-corrected chi connectivity index (χ3v) is 7.63. The number of likely N-dealkylation sites (N-methyl/N-ethyl adjacent to an activating group) is 1. The number of thiocarbonyl (C=S) groups is 1. The smallest absolute Gasteiger partial charge is 0.272 e. The number of carbonyl (C=O) groups excluding carboxylic acids is 1. The summed E-state index contributed by atoms with van der Waals surface area (Å²) in [5.41, 5.74) is 8.53. The molecule has 0 bridgehead atoms. The minimum atomic E-state index is -0.976. The Balaban J connectivity index is 1.30. The summed E-state index contributed by atoms with van der Waals surface area (Å²) in [5, 5.41) is 7.68. The van der Waals surface area contributed by atoms with Crippen molar-refractivity contribution in [3.05, 3.63) is 117 Å². The quantitative estimate of drug-likeness (QED) is 0.243. The molecule has 0 saturated heterocycles. The molecule has 38 heavy (non-hydrogen) atoms. The molecule has 0 spiro atoms. The zero-order valence-electron chi connectivity index (χ0n) is 20.3. The summed E-state index contributed by atoms with van der Waals surface area (Å²) in [6.07, 6.45) is -0.101. The van der Waals surface area contributed by atoms with Gasteiger partial charge in [-0.3, -0.25) is 4.79 Å². The molecule has 1 aliphatic carbocycles.